The first kappa shape index (κ1) is 24.6. The number of benzene rings is 3. The van der Waals surface area contributed by atoms with Crippen molar-refractivity contribution in [2.45, 2.75) is 24.8 Å². The molecule has 7 nitrogen and oxygen atoms in total. The summed E-state index contributed by atoms with van der Waals surface area (Å²) < 4.78 is 39.1. The maximum Gasteiger partial charge on any atom is 0.262 e. The number of ether oxygens (including phenoxy) is 2. The van der Waals surface area contributed by atoms with Gasteiger partial charge in [0.2, 0.25) is 10.0 Å². The largest absolute Gasteiger partial charge is 0.492 e. The monoisotopic (exact) mass is 488 g/mol. The molecule has 1 amide bonds. The van der Waals surface area contributed by atoms with Gasteiger partial charge in [-0.3, -0.25) is 4.79 Å². The van der Waals surface area contributed by atoms with E-state index in [9.17, 15) is 13.2 Å². The van der Waals surface area contributed by atoms with Gasteiger partial charge in [0, 0.05) is 6.04 Å². The summed E-state index contributed by atoms with van der Waals surface area (Å²) in [6.45, 7) is 3.77. The van der Waals surface area contributed by atoms with Gasteiger partial charge in [0.1, 0.15) is 11.5 Å². The SMILES string of the molecule is CCOc1ccccc1NC(=O)COc1ccc(S(=O)(=O)N[C@H](C)c2ccccc2)cc1Cl. The minimum Gasteiger partial charge on any atom is -0.492 e. The van der Waals surface area contributed by atoms with E-state index in [1.165, 1.54) is 18.2 Å². The molecule has 0 aliphatic heterocycles. The van der Waals surface area contributed by atoms with Crippen LogP contribution in [0.2, 0.25) is 5.02 Å². The van der Waals surface area contributed by atoms with Crippen LogP contribution in [0.1, 0.15) is 25.5 Å². The highest BCUT2D eigenvalue weighted by molar-refractivity contribution is 7.89. The molecule has 0 spiro atoms. The van der Waals surface area contributed by atoms with Gasteiger partial charge in [-0.2, -0.15) is 0 Å². The highest BCUT2D eigenvalue weighted by atomic mass is 35.5. The predicted octanol–water partition coefficient (Wildman–Crippen LogP) is 4.80. The molecular formula is C24H25ClN2O5S. The minimum atomic E-state index is -3.81. The number of carbonyl (C=O) groups is 1. The lowest BCUT2D eigenvalue weighted by Gasteiger charge is -2.15. The third kappa shape index (κ3) is 6.71. The summed E-state index contributed by atoms with van der Waals surface area (Å²) in [5.74, 6) is 0.339. The second-order valence-corrected chi connectivity index (χ2v) is 9.23. The van der Waals surface area contributed by atoms with Crippen LogP contribution in [0.3, 0.4) is 0 Å². The smallest absolute Gasteiger partial charge is 0.262 e. The van der Waals surface area contributed by atoms with Gasteiger partial charge in [-0.1, -0.05) is 54.1 Å². The molecule has 0 saturated carbocycles. The Morgan fingerprint density at radius 2 is 1.67 bits per heavy atom. The molecule has 0 aromatic heterocycles. The quantitative estimate of drug-likeness (QED) is 0.427. The second kappa shape index (κ2) is 11.2. The number of sulfonamides is 1. The molecule has 1 atom stereocenters. The molecule has 0 radical (unpaired) electrons. The lowest BCUT2D eigenvalue weighted by molar-refractivity contribution is -0.118. The average molecular weight is 489 g/mol. The van der Waals surface area contributed by atoms with Crippen molar-refractivity contribution < 1.29 is 22.7 Å². The maximum atomic E-state index is 12.7. The van der Waals surface area contributed by atoms with Gasteiger partial charge in [0.15, 0.2) is 6.61 Å². The van der Waals surface area contributed by atoms with Crippen molar-refractivity contribution in [3.63, 3.8) is 0 Å². The number of nitrogens with one attached hydrogen (secondary N) is 2. The lowest BCUT2D eigenvalue weighted by atomic mass is 10.1. The van der Waals surface area contributed by atoms with Crippen molar-refractivity contribution in [2.24, 2.45) is 0 Å². The van der Waals surface area contributed by atoms with E-state index in [4.69, 9.17) is 21.1 Å². The number of carbonyl (C=O) groups excluding carboxylic acids is 1. The first-order valence-corrected chi connectivity index (χ1v) is 12.2. The van der Waals surface area contributed by atoms with E-state index in [1.54, 1.807) is 25.1 Å². The molecule has 9 heteroatoms. The molecular weight excluding hydrogens is 464 g/mol. The number of anilines is 1. The summed E-state index contributed by atoms with van der Waals surface area (Å²) in [5.41, 5.74) is 1.36. The van der Waals surface area contributed by atoms with Crippen LogP contribution in [0.5, 0.6) is 11.5 Å². The normalized spacial score (nSPS) is 12.1. The third-order valence-corrected chi connectivity index (χ3v) is 6.50. The zero-order valence-electron chi connectivity index (χ0n) is 18.2. The zero-order chi connectivity index (χ0) is 23.8. The number of hydrogen-bond donors (Lipinski definition) is 2. The zero-order valence-corrected chi connectivity index (χ0v) is 19.8. The summed E-state index contributed by atoms with van der Waals surface area (Å²) in [4.78, 5) is 12.3. The minimum absolute atomic E-state index is 0.00211. The van der Waals surface area contributed by atoms with Gasteiger partial charge in [-0.25, -0.2) is 13.1 Å². The van der Waals surface area contributed by atoms with Crippen LogP contribution in [0.15, 0.2) is 77.7 Å². The van der Waals surface area contributed by atoms with E-state index < -0.39 is 22.0 Å². The van der Waals surface area contributed by atoms with Crippen molar-refractivity contribution >= 4 is 33.2 Å². The van der Waals surface area contributed by atoms with Gasteiger partial charge in [0.25, 0.3) is 5.91 Å². The highest BCUT2D eigenvalue weighted by Gasteiger charge is 2.20. The molecule has 0 unspecified atom stereocenters. The second-order valence-electron chi connectivity index (χ2n) is 7.11. The molecule has 174 valence electrons. The van der Waals surface area contributed by atoms with Gasteiger partial charge < -0.3 is 14.8 Å². The fourth-order valence-corrected chi connectivity index (χ4v) is 4.61. The topological polar surface area (TPSA) is 93.7 Å². The van der Waals surface area contributed by atoms with E-state index in [-0.39, 0.29) is 22.3 Å². The van der Waals surface area contributed by atoms with Crippen molar-refractivity contribution in [3.8, 4) is 11.5 Å². The van der Waals surface area contributed by atoms with E-state index in [0.29, 0.717) is 18.0 Å². The van der Waals surface area contributed by atoms with E-state index in [0.717, 1.165) is 5.56 Å². The number of halogens is 1. The molecule has 0 heterocycles. The Hall–Kier alpha value is -3.07. The lowest BCUT2D eigenvalue weighted by Crippen LogP contribution is -2.27. The van der Waals surface area contributed by atoms with Crippen LogP contribution in [0.4, 0.5) is 5.69 Å². The van der Waals surface area contributed by atoms with Gasteiger partial charge in [-0.15, -0.1) is 0 Å². The van der Waals surface area contributed by atoms with Gasteiger partial charge >= 0.3 is 0 Å². The van der Waals surface area contributed by atoms with E-state index >= 15 is 0 Å². The van der Waals surface area contributed by atoms with Crippen LogP contribution in [0.25, 0.3) is 0 Å². The number of para-hydroxylation sites is 2. The Morgan fingerprint density at radius 1 is 0.970 bits per heavy atom. The number of amides is 1. The average Bonchev–Trinajstić information content (AvgIpc) is 2.80. The molecule has 2 N–H and O–H groups in total. The predicted molar refractivity (Wildman–Crippen MR) is 128 cm³/mol. The third-order valence-electron chi connectivity index (χ3n) is 4.66. The molecule has 3 rings (SSSR count). The Morgan fingerprint density at radius 3 is 2.36 bits per heavy atom. The fourth-order valence-electron chi connectivity index (χ4n) is 3.06. The van der Waals surface area contributed by atoms with Crippen molar-refractivity contribution in [1.29, 1.82) is 0 Å². The van der Waals surface area contributed by atoms with Crippen LogP contribution in [-0.4, -0.2) is 27.5 Å². The standard InChI is InChI=1S/C24H25ClN2O5S/c1-3-31-23-12-8-7-11-21(23)26-24(28)16-32-22-14-13-19(15-20(22)25)33(29,30)27-17(2)18-9-5-4-6-10-18/h4-15,17,27H,3,16H2,1-2H3,(H,26,28)/t17-/m1/s1. The van der Waals surface area contributed by atoms with Gasteiger partial charge in [0.05, 0.1) is 22.2 Å². The molecule has 0 aliphatic rings. The summed E-state index contributed by atoms with van der Waals surface area (Å²) in [7, 11) is -3.81. The summed E-state index contributed by atoms with van der Waals surface area (Å²) >= 11 is 6.23. The molecule has 3 aromatic rings. The molecule has 0 aliphatic carbocycles. The molecule has 33 heavy (non-hydrogen) atoms. The maximum absolute atomic E-state index is 12.7. The van der Waals surface area contributed by atoms with Crippen molar-refractivity contribution in [2.75, 3.05) is 18.5 Å². The Labute approximate surface area is 198 Å². The number of rotatable bonds is 10. The Bertz CT molecular complexity index is 1200. The summed E-state index contributed by atoms with van der Waals surface area (Å²) in [6, 6.07) is 20.0. The van der Waals surface area contributed by atoms with E-state index in [1.807, 2.05) is 43.3 Å². The van der Waals surface area contributed by atoms with Crippen molar-refractivity contribution in [3.05, 3.63) is 83.4 Å². The first-order valence-electron chi connectivity index (χ1n) is 10.3. The fraction of sp³-hybridized carbons (Fsp3) is 0.208. The van der Waals surface area contributed by atoms with E-state index in [2.05, 4.69) is 10.0 Å². The molecule has 0 bridgehead atoms. The number of hydrogen-bond acceptors (Lipinski definition) is 5. The van der Waals surface area contributed by atoms with Crippen LogP contribution in [-0.2, 0) is 14.8 Å². The summed E-state index contributed by atoms with van der Waals surface area (Å²) in [5, 5.41) is 2.80. The highest BCUT2D eigenvalue weighted by Crippen LogP contribution is 2.28. The van der Waals surface area contributed by atoms with Crippen LogP contribution >= 0.6 is 11.6 Å². The summed E-state index contributed by atoms with van der Waals surface area (Å²) in [6.07, 6.45) is 0. The Balaban J connectivity index is 1.63. The van der Waals surface area contributed by atoms with Gasteiger partial charge in [-0.05, 0) is 49.7 Å². The first-order chi connectivity index (χ1) is 15.8. The Kier molecular flexibility index (Phi) is 8.32. The van der Waals surface area contributed by atoms with Crippen molar-refractivity contribution in [1.82, 2.24) is 4.72 Å². The molecule has 0 fully saturated rings. The van der Waals surface area contributed by atoms with Crippen LogP contribution in [0, 0.1) is 0 Å². The molecule has 3 aromatic carbocycles. The van der Waals surface area contributed by atoms with Crippen LogP contribution < -0.4 is 19.5 Å². The molecule has 0 saturated heterocycles.